The number of hydrogen-bond acceptors (Lipinski definition) is 6. The second-order valence-electron chi connectivity index (χ2n) is 5.58. The van der Waals surface area contributed by atoms with Gasteiger partial charge in [-0.2, -0.15) is 5.26 Å². The van der Waals surface area contributed by atoms with Gasteiger partial charge in [-0.1, -0.05) is 35.9 Å². The minimum absolute atomic E-state index is 0.299. The van der Waals surface area contributed by atoms with Gasteiger partial charge in [-0.3, -0.25) is 10.1 Å². The van der Waals surface area contributed by atoms with Crippen LogP contribution in [0.5, 0.6) is 5.75 Å². The van der Waals surface area contributed by atoms with Gasteiger partial charge in [0.05, 0.1) is 16.2 Å². The predicted octanol–water partition coefficient (Wildman–Crippen LogP) is 4.80. The lowest BCUT2D eigenvalue weighted by Crippen LogP contribution is -1.89. The SMILES string of the molecule is Cc1ccc(-c2csc(/C(C#N)=C\c3ccc(O)c([N+](=O)[O-])c3)n2)cc1. The van der Waals surface area contributed by atoms with Crippen LogP contribution in [-0.4, -0.2) is 15.0 Å². The monoisotopic (exact) mass is 363 g/mol. The molecule has 0 fully saturated rings. The molecule has 0 amide bonds. The lowest BCUT2D eigenvalue weighted by atomic mass is 10.1. The zero-order chi connectivity index (χ0) is 18.7. The van der Waals surface area contributed by atoms with Crippen LogP contribution in [0.4, 0.5) is 5.69 Å². The molecule has 0 saturated heterocycles. The summed E-state index contributed by atoms with van der Waals surface area (Å²) in [6.45, 7) is 2.00. The third-order valence-electron chi connectivity index (χ3n) is 3.71. The number of benzene rings is 2. The van der Waals surface area contributed by atoms with Crippen molar-refractivity contribution in [1.29, 1.82) is 5.26 Å². The van der Waals surface area contributed by atoms with Crippen molar-refractivity contribution in [3.05, 3.63) is 74.1 Å². The summed E-state index contributed by atoms with van der Waals surface area (Å²) in [6.07, 6.45) is 1.52. The van der Waals surface area contributed by atoms with E-state index in [9.17, 15) is 20.5 Å². The summed E-state index contributed by atoms with van der Waals surface area (Å²) in [5.74, 6) is -0.415. The van der Waals surface area contributed by atoms with Crippen molar-refractivity contribution in [2.24, 2.45) is 0 Å². The Labute approximate surface area is 153 Å². The summed E-state index contributed by atoms with van der Waals surface area (Å²) in [7, 11) is 0. The van der Waals surface area contributed by atoms with Crippen LogP contribution < -0.4 is 0 Å². The first-order chi connectivity index (χ1) is 12.5. The Morgan fingerprint density at radius 2 is 2.04 bits per heavy atom. The Hall–Kier alpha value is -3.50. The van der Waals surface area contributed by atoms with E-state index in [4.69, 9.17) is 0 Å². The quantitative estimate of drug-likeness (QED) is 0.408. The summed E-state index contributed by atoms with van der Waals surface area (Å²) in [6, 6.07) is 14.0. The normalized spacial score (nSPS) is 11.2. The Balaban J connectivity index is 1.96. The third kappa shape index (κ3) is 3.61. The number of nitrogens with zero attached hydrogens (tertiary/aromatic N) is 3. The van der Waals surface area contributed by atoms with Crippen LogP contribution >= 0.6 is 11.3 Å². The van der Waals surface area contributed by atoms with Crippen LogP contribution in [0, 0.1) is 28.4 Å². The van der Waals surface area contributed by atoms with Crippen molar-refractivity contribution in [1.82, 2.24) is 4.98 Å². The molecule has 0 aliphatic rings. The van der Waals surface area contributed by atoms with Gasteiger partial charge in [-0.25, -0.2) is 4.98 Å². The van der Waals surface area contributed by atoms with Crippen molar-refractivity contribution in [3.63, 3.8) is 0 Å². The van der Waals surface area contributed by atoms with E-state index in [1.165, 1.54) is 35.6 Å². The smallest absolute Gasteiger partial charge is 0.311 e. The van der Waals surface area contributed by atoms with E-state index < -0.39 is 16.4 Å². The number of nitriles is 1. The van der Waals surface area contributed by atoms with Crippen LogP contribution in [0.3, 0.4) is 0 Å². The number of rotatable bonds is 4. The Bertz CT molecular complexity index is 1050. The summed E-state index contributed by atoms with van der Waals surface area (Å²) in [5.41, 5.74) is 3.20. The van der Waals surface area contributed by atoms with E-state index in [0.29, 0.717) is 16.1 Å². The van der Waals surface area contributed by atoms with Gasteiger partial charge >= 0.3 is 5.69 Å². The first-order valence-electron chi connectivity index (χ1n) is 7.60. The second-order valence-corrected chi connectivity index (χ2v) is 6.44. The first kappa shape index (κ1) is 17.3. The highest BCUT2D eigenvalue weighted by Gasteiger charge is 2.14. The number of aromatic nitrogens is 1. The van der Waals surface area contributed by atoms with E-state index in [-0.39, 0.29) is 0 Å². The van der Waals surface area contributed by atoms with E-state index in [0.717, 1.165) is 16.8 Å². The average Bonchev–Trinajstić information content (AvgIpc) is 3.11. The maximum atomic E-state index is 10.9. The largest absolute Gasteiger partial charge is 0.502 e. The van der Waals surface area contributed by atoms with Gasteiger partial charge in [0.2, 0.25) is 0 Å². The number of aromatic hydroxyl groups is 1. The van der Waals surface area contributed by atoms with Crippen molar-refractivity contribution < 1.29 is 10.0 Å². The van der Waals surface area contributed by atoms with Crippen LogP contribution in [0.25, 0.3) is 22.9 Å². The first-order valence-corrected chi connectivity index (χ1v) is 8.48. The van der Waals surface area contributed by atoms with Gasteiger partial charge in [0.1, 0.15) is 11.1 Å². The number of aryl methyl sites for hydroxylation is 1. The van der Waals surface area contributed by atoms with Crippen LogP contribution in [0.2, 0.25) is 0 Å². The molecule has 0 saturated carbocycles. The van der Waals surface area contributed by atoms with Gasteiger partial charge in [0.15, 0.2) is 5.75 Å². The lowest BCUT2D eigenvalue weighted by molar-refractivity contribution is -0.385. The van der Waals surface area contributed by atoms with Crippen molar-refractivity contribution in [3.8, 4) is 23.1 Å². The maximum absolute atomic E-state index is 10.9. The molecular weight excluding hydrogens is 350 g/mol. The fourth-order valence-electron chi connectivity index (χ4n) is 2.34. The summed E-state index contributed by atoms with van der Waals surface area (Å²) < 4.78 is 0. The number of hydrogen-bond donors (Lipinski definition) is 1. The van der Waals surface area contributed by atoms with Crippen molar-refractivity contribution in [2.75, 3.05) is 0 Å². The molecule has 0 radical (unpaired) electrons. The van der Waals surface area contributed by atoms with E-state index in [1.54, 1.807) is 0 Å². The van der Waals surface area contributed by atoms with E-state index in [2.05, 4.69) is 11.1 Å². The predicted molar refractivity (Wildman–Crippen MR) is 101 cm³/mol. The van der Waals surface area contributed by atoms with Crippen LogP contribution in [0.15, 0.2) is 47.8 Å². The minimum atomic E-state index is -0.669. The maximum Gasteiger partial charge on any atom is 0.311 e. The second kappa shape index (κ2) is 7.17. The fraction of sp³-hybridized carbons (Fsp3) is 0.0526. The van der Waals surface area contributed by atoms with Gasteiger partial charge in [-0.05, 0) is 24.6 Å². The summed E-state index contributed by atoms with van der Waals surface area (Å²) >= 11 is 1.33. The Morgan fingerprint density at radius 1 is 1.31 bits per heavy atom. The highest BCUT2D eigenvalue weighted by molar-refractivity contribution is 7.11. The molecule has 1 N–H and O–H groups in total. The average molecular weight is 363 g/mol. The number of phenols is 1. The molecule has 0 aliphatic heterocycles. The van der Waals surface area contributed by atoms with Crippen molar-refractivity contribution >= 4 is 28.7 Å². The van der Waals surface area contributed by atoms with Crippen molar-refractivity contribution in [2.45, 2.75) is 6.92 Å². The molecule has 6 nitrogen and oxygen atoms in total. The lowest BCUT2D eigenvalue weighted by Gasteiger charge is -1.99. The van der Waals surface area contributed by atoms with Gasteiger partial charge in [0.25, 0.3) is 0 Å². The molecule has 0 aliphatic carbocycles. The molecule has 0 atom stereocenters. The van der Waals surface area contributed by atoms with Gasteiger partial charge < -0.3 is 5.11 Å². The van der Waals surface area contributed by atoms with Crippen LogP contribution in [0.1, 0.15) is 16.1 Å². The number of thiazole rings is 1. The molecule has 3 rings (SSSR count). The Kier molecular flexibility index (Phi) is 4.78. The third-order valence-corrected chi connectivity index (χ3v) is 4.59. The summed E-state index contributed by atoms with van der Waals surface area (Å²) in [4.78, 5) is 14.8. The molecule has 0 unspecified atom stereocenters. The molecule has 3 aromatic rings. The topological polar surface area (TPSA) is 100 Å². The standard InChI is InChI=1S/C19H13N3O3S/c1-12-2-5-14(6-3-12)16-11-26-19(21-16)15(10-20)8-13-4-7-18(23)17(9-13)22(24)25/h2-9,11,23H,1H3/b15-8-. The molecule has 1 aromatic heterocycles. The minimum Gasteiger partial charge on any atom is -0.502 e. The molecule has 0 spiro atoms. The molecule has 7 heteroatoms. The number of nitro groups is 1. The summed E-state index contributed by atoms with van der Waals surface area (Å²) in [5, 5.41) is 32.3. The van der Waals surface area contributed by atoms with Gasteiger partial charge in [-0.15, -0.1) is 11.3 Å². The molecule has 1 heterocycles. The number of nitro benzene ring substituents is 1. The van der Waals surface area contributed by atoms with E-state index >= 15 is 0 Å². The molecule has 0 bridgehead atoms. The van der Waals surface area contributed by atoms with Gasteiger partial charge in [0, 0.05) is 17.0 Å². The fourth-order valence-corrected chi connectivity index (χ4v) is 3.13. The molecule has 128 valence electrons. The van der Waals surface area contributed by atoms with Crippen LogP contribution in [-0.2, 0) is 0 Å². The zero-order valence-electron chi connectivity index (χ0n) is 13.7. The molecule has 2 aromatic carbocycles. The number of phenolic OH excluding ortho intramolecular Hbond substituents is 1. The highest BCUT2D eigenvalue weighted by Crippen LogP contribution is 2.30. The molecule has 26 heavy (non-hydrogen) atoms. The zero-order valence-corrected chi connectivity index (χ0v) is 14.5. The number of allylic oxidation sites excluding steroid dienone is 1. The van der Waals surface area contributed by atoms with E-state index in [1.807, 2.05) is 36.6 Å². The molecular formula is C19H13N3O3S. The Morgan fingerprint density at radius 3 is 2.69 bits per heavy atom. The highest BCUT2D eigenvalue weighted by atomic mass is 32.1.